The van der Waals surface area contributed by atoms with Crippen LogP contribution in [0.2, 0.25) is 0 Å². The van der Waals surface area contributed by atoms with Gasteiger partial charge in [0.15, 0.2) is 18.3 Å². The van der Waals surface area contributed by atoms with Gasteiger partial charge in [-0.3, -0.25) is 0 Å². The molecule has 0 aliphatic heterocycles. The Morgan fingerprint density at radius 3 is 2.72 bits per heavy atom. The number of hydrogen-bond donors (Lipinski definition) is 1. The number of hydrogen-bond acceptors (Lipinski definition) is 4. The molecule has 1 atom stereocenters. The maximum atomic E-state index is 5.83. The summed E-state index contributed by atoms with van der Waals surface area (Å²) in [6.07, 6.45) is 2.57. The van der Waals surface area contributed by atoms with Crippen molar-refractivity contribution in [2.24, 2.45) is 11.7 Å². The summed E-state index contributed by atoms with van der Waals surface area (Å²) in [7, 11) is 1.62. The van der Waals surface area contributed by atoms with Crippen molar-refractivity contribution in [3.8, 4) is 11.5 Å². The Labute approximate surface area is 108 Å². The van der Waals surface area contributed by atoms with Crippen LogP contribution in [0.4, 0.5) is 0 Å². The van der Waals surface area contributed by atoms with Crippen LogP contribution in [0.1, 0.15) is 31.4 Å². The largest absolute Gasteiger partial charge is 0.493 e. The van der Waals surface area contributed by atoms with E-state index in [-0.39, 0.29) is 12.8 Å². The van der Waals surface area contributed by atoms with Gasteiger partial charge in [-0.05, 0) is 43.4 Å². The monoisotopic (exact) mass is 251 g/mol. The van der Waals surface area contributed by atoms with Crippen LogP contribution in [0.5, 0.6) is 11.5 Å². The summed E-state index contributed by atoms with van der Waals surface area (Å²) in [6.45, 7) is 3.00. The summed E-state index contributed by atoms with van der Waals surface area (Å²) in [4.78, 5) is 0. The van der Waals surface area contributed by atoms with Crippen LogP contribution in [0.25, 0.3) is 0 Å². The van der Waals surface area contributed by atoms with Crippen LogP contribution < -0.4 is 15.2 Å². The minimum absolute atomic E-state index is 0.0148. The fourth-order valence-corrected chi connectivity index (χ4v) is 1.69. The molecule has 0 bridgehead atoms. The summed E-state index contributed by atoms with van der Waals surface area (Å²) < 4.78 is 16.3. The van der Waals surface area contributed by atoms with Crippen LogP contribution in [-0.2, 0) is 4.74 Å². The summed E-state index contributed by atoms with van der Waals surface area (Å²) >= 11 is 0. The molecule has 1 aromatic carbocycles. The third-order valence-electron chi connectivity index (χ3n) is 3.06. The molecule has 4 heteroatoms. The average molecular weight is 251 g/mol. The molecule has 2 rings (SSSR count). The molecule has 4 nitrogen and oxygen atoms in total. The standard InChI is InChI=1S/C14H21NO3/c1-10(15)12-5-6-13(14(7-12)16-2)18-9-17-8-11-3-4-11/h5-7,10-11H,3-4,8-9,15H2,1-2H3/t10-/m0/s1. The highest BCUT2D eigenvalue weighted by Crippen LogP contribution is 2.31. The van der Waals surface area contributed by atoms with Crippen molar-refractivity contribution in [1.29, 1.82) is 0 Å². The predicted octanol–water partition coefficient (Wildman–Crippen LogP) is 2.48. The van der Waals surface area contributed by atoms with Gasteiger partial charge in [-0.2, -0.15) is 0 Å². The van der Waals surface area contributed by atoms with E-state index < -0.39 is 0 Å². The Balaban J connectivity index is 1.89. The van der Waals surface area contributed by atoms with Crippen LogP contribution in [-0.4, -0.2) is 20.5 Å². The van der Waals surface area contributed by atoms with Gasteiger partial charge in [-0.15, -0.1) is 0 Å². The van der Waals surface area contributed by atoms with E-state index in [0.29, 0.717) is 11.5 Å². The Bertz CT molecular complexity index is 389. The van der Waals surface area contributed by atoms with Crippen molar-refractivity contribution in [1.82, 2.24) is 0 Å². The molecule has 1 saturated carbocycles. The molecule has 0 aromatic heterocycles. The van der Waals surface area contributed by atoms with Crippen molar-refractivity contribution < 1.29 is 14.2 Å². The summed E-state index contributed by atoms with van der Waals surface area (Å²) in [5, 5.41) is 0. The zero-order chi connectivity index (χ0) is 13.0. The first-order valence-corrected chi connectivity index (χ1v) is 6.34. The van der Waals surface area contributed by atoms with Crippen molar-refractivity contribution in [3.05, 3.63) is 23.8 Å². The number of nitrogens with two attached hydrogens (primary N) is 1. The number of ether oxygens (including phenoxy) is 3. The summed E-state index contributed by atoms with van der Waals surface area (Å²) in [5.41, 5.74) is 6.85. The molecular weight excluding hydrogens is 230 g/mol. The zero-order valence-electron chi connectivity index (χ0n) is 11.0. The van der Waals surface area contributed by atoms with E-state index in [2.05, 4.69) is 0 Å². The van der Waals surface area contributed by atoms with Gasteiger partial charge in [0, 0.05) is 6.04 Å². The second-order valence-corrected chi connectivity index (χ2v) is 4.78. The van der Waals surface area contributed by atoms with Crippen molar-refractivity contribution in [3.63, 3.8) is 0 Å². The van der Waals surface area contributed by atoms with E-state index in [4.69, 9.17) is 19.9 Å². The highest BCUT2D eigenvalue weighted by atomic mass is 16.7. The second-order valence-electron chi connectivity index (χ2n) is 4.78. The molecule has 1 aliphatic rings. The molecule has 1 aromatic rings. The molecule has 0 heterocycles. The van der Waals surface area contributed by atoms with Crippen LogP contribution in [0, 0.1) is 5.92 Å². The first kappa shape index (κ1) is 13.2. The Kier molecular flexibility index (Phi) is 4.44. The van der Waals surface area contributed by atoms with Crippen molar-refractivity contribution in [2.45, 2.75) is 25.8 Å². The quantitative estimate of drug-likeness (QED) is 0.597. The second kappa shape index (κ2) is 6.07. The Hall–Kier alpha value is -1.26. The van der Waals surface area contributed by atoms with E-state index >= 15 is 0 Å². The molecule has 0 saturated heterocycles. The molecular formula is C14H21NO3. The molecule has 1 fully saturated rings. The molecule has 0 amide bonds. The van der Waals surface area contributed by atoms with Gasteiger partial charge < -0.3 is 19.9 Å². The van der Waals surface area contributed by atoms with Gasteiger partial charge in [0.25, 0.3) is 0 Å². The van der Waals surface area contributed by atoms with Crippen LogP contribution >= 0.6 is 0 Å². The van der Waals surface area contributed by atoms with Gasteiger partial charge in [-0.25, -0.2) is 0 Å². The lowest BCUT2D eigenvalue weighted by atomic mass is 10.1. The number of benzene rings is 1. The normalized spacial score (nSPS) is 16.4. The minimum atomic E-state index is -0.0148. The highest BCUT2D eigenvalue weighted by molar-refractivity contribution is 5.43. The van der Waals surface area contributed by atoms with Crippen molar-refractivity contribution >= 4 is 0 Å². The maximum Gasteiger partial charge on any atom is 0.189 e. The van der Waals surface area contributed by atoms with Crippen molar-refractivity contribution in [2.75, 3.05) is 20.5 Å². The summed E-state index contributed by atoms with van der Waals surface area (Å²) in [6, 6.07) is 5.71. The van der Waals surface area contributed by atoms with Gasteiger partial charge >= 0.3 is 0 Å². The Morgan fingerprint density at radius 2 is 2.11 bits per heavy atom. The molecule has 0 unspecified atom stereocenters. The molecule has 1 aliphatic carbocycles. The molecule has 0 radical (unpaired) electrons. The fourth-order valence-electron chi connectivity index (χ4n) is 1.69. The lowest BCUT2D eigenvalue weighted by molar-refractivity contribution is 0.00865. The smallest absolute Gasteiger partial charge is 0.189 e. The predicted molar refractivity (Wildman–Crippen MR) is 69.8 cm³/mol. The third kappa shape index (κ3) is 3.62. The van der Waals surface area contributed by atoms with Gasteiger partial charge in [0.05, 0.1) is 13.7 Å². The first-order chi connectivity index (χ1) is 8.70. The lowest BCUT2D eigenvalue weighted by Crippen LogP contribution is -2.08. The van der Waals surface area contributed by atoms with E-state index in [9.17, 15) is 0 Å². The average Bonchev–Trinajstić information content (AvgIpc) is 3.18. The van der Waals surface area contributed by atoms with Gasteiger partial charge in [0.2, 0.25) is 0 Å². The topological polar surface area (TPSA) is 53.7 Å². The summed E-state index contributed by atoms with van der Waals surface area (Å²) in [5.74, 6) is 2.13. The van der Waals surface area contributed by atoms with Gasteiger partial charge in [0.1, 0.15) is 0 Å². The van der Waals surface area contributed by atoms with E-state index in [1.807, 2.05) is 25.1 Å². The molecule has 18 heavy (non-hydrogen) atoms. The SMILES string of the molecule is COc1cc([C@H](C)N)ccc1OCOCC1CC1. The Morgan fingerprint density at radius 1 is 1.33 bits per heavy atom. The molecule has 0 spiro atoms. The fraction of sp³-hybridized carbons (Fsp3) is 0.571. The molecule has 2 N–H and O–H groups in total. The van der Waals surface area contributed by atoms with E-state index in [1.165, 1.54) is 12.8 Å². The molecule has 100 valence electrons. The maximum absolute atomic E-state index is 5.83. The highest BCUT2D eigenvalue weighted by Gasteiger charge is 2.21. The zero-order valence-corrected chi connectivity index (χ0v) is 11.0. The third-order valence-corrected chi connectivity index (χ3v) is 3.06. The first-order valence-electron chi connectivity index (χ1n) is 6.34. The van der Waals surface area contributed by atoms with Crippen LogP contribution in [0.3, 0.4) is 0 Å². The van der Waals surface area contributed by atoms with Crippen LogP contribution in [0.15, 0.2) is 18.2 Å². The minimum Gasteiger partial charge on any atom is -0.493 e. The van der Waals surface area contributed by atoms with E-state index in [0.717, 1.165) is 18.1 Å². The van der Waals surface area contributed by atoms with Gasteiger partial charge in [-0.1, -0.05) is 6.07 Å². The number of methoxy groups -OCH3 is 1. The van der Waals surface area contributed by atoms with E-state index in [1.54, 1.807) is 7.11 Å². The lowest BCUT2D eigenvalue weighted by Gasteiger charge is -2.13. The number of rotatable bonds is 7.